The van der Waals surface area contributed by atoms with Crippen molar-refractivity contribution in [2.45, 2.75) is 84.9 Å². The van der Waals surface area contributed by atoms with Gasteiger partial charge >= 0.3 is 6.09 Å². The van der Waals surface area contributed by atoms with E-state index in [0.29, 0.717) is 6.04 Å². The lowest BCUT2D eigenvalue weighted by Gasteiger charge is -2.47. The summed E-state index contributed by atoms with van der Waals surface area (Å²) in [6, 6.07) is 0.550. The lowest BCUT2D eigenvalue weighted by molar-refractivity contribution is -0.00253. The van der Waals surface area contributed by atoms with Crippen LogP contribution in [0.1, 0.15) is 67.2 Å². The molecule has 0 saturated carbocycles. The molecular formula is C17H29NO2. The quantitative estimate of drug-likeness (QED) is 0.610. The topological polar surface area (TPSA) is 29.5 Å². The van der Waals surface area contributed by atoms with Crippen LogP contribution in [0.3, 0.4) is 0 Å². The summed E-state index contributed by atoms with van der Waals surface area (Å²) in [5.41, 5.74) is 1.28. The summed E-state index contributed by atoms with van der Waals surface area (Å²) in [6.07, 6.45) is 6.55. The van der Waals surface area contributed by atoms with Crippen LogP contribution in [0.4, 0.5) is 4.79 Å². The van der Waals surface area contributed by atoms with Gasteiger partial charge in [-0.05, 0) is 51.9 Å². The van der Waals surface area contributed by atoms with E-state index < -0.39 is 5.60 Å². The van der Waals surface area contributed by atoms with Gasteiger partial charge in [-0.25, -0.2) is 4.79 Å². The van der Waals surface area contributed by atoms with Gasteiger partial charge in [0, 0.05) is 6.04 Å². The molecule has 2 aliphatic heterocycles. The zero-order chi connectivity index (χ0) is 15.1. The minimum atomic E-state index is -0.417. The highest BCUT2D eigenvalue weighted by molar-refractivity contribution is 5.70. The fourth-order valence-corrected chi connectivity index (χ4v) is 3.19. The number of rotatable bonds is 0. The third kappa shape index (κ3) is 3.36. The zero-order valence-electron chi connectivity index (χ0n) is 13.8. The molecule has 0 aromatic heterocycles. The number of carbonyl (C=O) groups excluding carboxylic acids is 1. The monoisotopic (exact) mass is 279 g/mol. The van der Waals surface area contributed by atoms with Crippen LogP contribution in [0.2, 0.25) is 0 Å². The molecule has 1 amide bonds. The standard InChI is InChI=1S/C17H29NO2/c1-16(2,3)12-10-13-8-7-9-14(11-12)18(13)15(19)20-17(4,5)6/h10,13-14H,7-9,11H2,1-6H3. The van der Waals surface area contributed by atoms with Crippen molar-refractivity contribution < 1.29 is 9.53 Å². The maximum absolute atomic E-state index is 12.5. The molecule has 1 fully saturated rings. The molecule has 0 aliphatic carbocycles. The van der Waals surface area contributed by atoms with Crippen molar-refractivity contribution in [3.63, 3.8) is 0 Å². The van der Waals surface area contributed by atoms with E-state index in [9.17, 15) is 4.79 Å². The van der Waals surface area contributed by atoms with Crippen molar-refractivity contribution in [2.24, 2.45) is 5.41 Å². The molecule has 2 aliphatic rings. The van der Waals surface area contributed by atoms with Gasteiger partial charge in [0.2, 0.25) is 0 Å². The SMILES string of the molecule is CC(C)(C)OC(=O)N1C2C=C(C(C)(C)C)CC1CCC2. The van der Waals surface area contributed by atoms with Crippen molar-refractivity contribution in [1.29, 1.82) is 0 Å². The van der Waals surface area contributed by atoms with Gasteiger partial charge in [-0.2, -0.15) is 0 Å². The van der Waals surface area contributed by atoms with Crippen LogP contribution in [0, 0.1) is 5.41 Å². The molecular weight excluding hydrogens is 250 g/mol. The molecule has 3 heteroatoms. The highest BCUT2D eigenvalue weighted by Gasteiger charge is 2.40. The molecule has 20 heavy (non-hydrogen) atoms. The first-order chi connectivity index (χ1) is 9.08. The van der Waals surface area contributed by atoms with E-state index in [0.717, 1.165) is 19.3 Å². The van der Waals surface area contributed by atoms with Crippen LogP contribution in [0.15, 0.2) is 11.6 Å². The Balaban J connectivity index is 2.21. The van der Waals surface area contributed by atoms with Crippen molar-refractivity contribution in [1.82, 2.24) is 4.90 Å². The Morgan fingerprint density at radius 2 is 1.85 bits per heavy atom. The lowest BCUT2D eigenvalue weighted by atomic mass is 9.75. The second kappa shape index (κ2) is 5.09. The van der Waals surface area contributed by atoms with Gasteiger partial charge in [0.1, 0.15) is 5.60 Å². The maximum atomic E-state index is 12.5. The van der Waals surface area contributed by atoms with Crippen LogP contribution >= 0.6 is 0 Å². The molecule has 2 bridgehead atoms. The smallest absolute Gasteiger partial charge is 0.411 e. The first kappa shape index (κ1) is 15.4. The molecule has 0 aromatic rings. The Kier molecular flexibility index (Phi) is 3.92. The first-order valence-electron chi connectivity index (χ1n) is 7.80. The highest BCUT2D eigenvalue weighted by Crippen LogP contribution is 2.40. The van der Waals surface area contributed by atoms with Crippen LogP contribution < -0.4 is 0 Å². The third-order valence-corrected chi connectivity index (χ3v) is 4.20. The number of hydrogen-bond acceptors (Lipinski definition) is 2. The van der Waals surface area contributed by atoms with Crippen molar-refractivity contribution in [3.05, 3.63) is 11.6 Å². The van der Waals surface area contributed by atoms with E-state index >= 15 is 0 Å². The van der Waals surface area contributed by atoms with Gasteiger partial charge in [0.05, 0.1) is 6.04 Å². The molecule has 0 radical (unpaired) electrons. The normalized spacial score (nSPS) is 27.1. The molecule has 2 atom stereocenters. The van der Waals surface area contributed by atoms with E-state index in [1.54, 1.807) is 0 Å². The molecule has 0 spiro atoms. The van der Waals surface area contributed by atoms with Crippen molar-refractivity contribution in [3.8, 4) is 0 Å². The second-order valence-corrected chi connectivity index (χ2v) is 8.19. The lowest BCUT2D eigenvalue weighted by Crippen LogP contribution is -2.53. The van der Waals surface area contributed by atoms with E-state index in [1.807, 2.05) is 25.7 Å². The fraction of sp³-hybridized carbons (Fsp3) is 0.824. The second-order valence-electron chi connectivity index (χ2n) is 8.19. The number of fused-ring (bicyclic) bond motifs is 2. The molecule has 2 unspecified atom stereocenters. The molecule has 2 heterocycles. The predicted octanol–water partition coefficient (Wildman–Crippen LogP) is 4.52. The summed E-state index contributed by atoms with van der Waals surface area (Å²) >= 11 is 0. The Morgan fingerprint density at radius 1 is 1.20 bits per heavy atom. The van der Waals surface area contributed by atoms with Crippen molar-refractivity contribution in [2.75, 3.05) is 0 Å². The van der Waals surface area contributed by atoms with E-state index in [-0.39, 0.29) is 17.6 Å². The van der Waals surface area contributed by atoms with Gasteiger partial charge in [0.15, 0.2) is 0 Å². The Hall–Kier alpha value is -0.990. The minimum Gasteiger partial charge on any atom is -0.444 e. The largest absolute Gasteiger partial charge is 0.444 e. The molecule has 0 N–H and O–H groups in total. The summed E-state index contributed by atoms with van der Waals surface area (Å²) in [5, 5.41) is 0. The number of hydrogen-bond donors (Lipinski definition) is 0. The van der Waals surface area contributed by atoms with Gasteiger partial charge in [-0.1, -0.05) is 32.4 Å². The van der Waals surface area contributed by atoms with E-state index in [4.69, 9.17) is 4.74 Å². The van der Waals surface area contributed by atoms with Crippen LogP contribution in [-0.2, 0) is 4.74 Å². The Labute approximate surface area is 123 Å². The molecule has 0 aromatic carbocycles. The molecule has 1 saturated heterocycles. The predicted molar refractivity (Wildman–Crippen MR) is 81.7 cm³/mol. The summed E-state index contributed by atoms with van der Waals surface area (Å²) in [4.78, 5) is 14.4. The number of carbonyl (C=O) groups is 1. The minimum absolute atomic E-state index is 0.142. The van der Waals surface area contributed by atoms with Gasteiger partial charge in [0.25, 0.3) is 0 Å². The van der Waals surface area contributed by atoms with E-state index in [1.165, 1.54) is 12.0 Å². The van der Waals surface area contributed by atoms with E-state index in [2.05, 4.69) is 26.8 Å². The van der Waals surface area contributed by atoms with Crippen LogP contribution in [0.5, 0.6) is 0 Å². The highest BCUT2D eigenvalue weighted by atomic mass is 16.6. The van der Waals surface area contributed by atoms with Crippen LogP contribution in [-0.4, -0.2) is 28.7 Å². The Morgan fingerprint density at radius 3 is 2.35 bits per heavy atom. The van der Waals surface area contributed by atoms with Gasteiger partial charge in [-0.3, -0.25) is 4.90 Å². The Bertz CT molecular complexity index is 412. The average molecular weight is 279 g/mol. The zero-order valence-corrected chi connectivity index (χ0v) is 13.8. The first-order valence-corrected chi connectivity index (χ1v) is 7.80. The molecule has 114 valence electrons. The summed E-state index contributed by atoms with van der Waals surface area (Å²) in [6.45, 7) is 12.6. The average Bonchev–Trinajstić information content (AvgIpc) is 2.23. The number of piperidine rings is 1. The van der Waals surface area contributed by atoms with Gasteiger partial charge in [-0.15, -0.1) is 0 Å². The number of nitrogens with zero attached hydrogens (tertiary/aromatic N) is 1. The molecule has 2 rings (SSSR count). The number of ether oxygens (including phenoxy) is 1. The van der Waals surface area contributed by atoms with Crippen LogP contribution in [0.25, 0.3) is 0 Å². The fourth-order valence-electron chi connectivity index (χ4n) is 3.19. The summed E-state index contributed by atoms with van der Waals surface area (Å²) < 4.78 is 5.59. The summed E-state index contributed by atoms with van der Waals surface area (Å²) in [7, 11) is 0. The van der Waals surface area contributed by atoms with Gasteiger partial charge < -0.3 is 4.74 Å². The summed E-state index contributed by atoms with van der Waals surface area (Å²) in [5.74, 6) is 0. The molecule has 3 nitrogen and oxygen atoms in total. The number of amides is 1. The maximum Gasteiger partial charge on any atom is 0.411 e. The van der Waals surface area contributed by atoms with Crippen molar-refractivity contribution >= 4 is 6.09 Å². The third-order valence-electron chi connectivity index (χ3n) is 4.20.